The molecule has 23 heavy (non-hydrogen) atoms. The van der Waals surface area contributed by atoms with Crippen molar-refractivity contribution in [1.29, 1.82) is 0 Å². The molecular weight excluding hydrogens is 292 g/mol. The zero-order valence-electron chi connectivity index (χ0n) is 14.0. The van der Waals surface area contributed by atoms with Crippen molar-refractivity contribution in [3.8, 4) is 0 Å². The lowest BCUT2D eigenvalue weighted by Gasteiger charge is -2.33. The van der Waals surface area contributed by atoms with Crippen LogP contribution in [-0.4, -0.2) is 42.5 Å². The van der Waals surface area contributed by atoms with Gasteiger partial charge >= 0.3 is 0 Å². The predicted molar refractivity (Wildman–Crippen MR) is 88.7 cm³/mol. The number of amides is 2. The van der Waals surface area contributed by atoms with Gasteiger partial charge < -0.3 is 15.0 Å². The molecule has 0 spiro atoms. The van der Waals surface area contributed by atoms with E-state index < -0.39 is 0 Å². The molecule has 1 heterocycles. The zero-order chi connectivity index (χ0) is 16.7. The second kappa shape index (κ2) is 8.67. The van der Waals surface area contributed by atoms with E-state index in [1.54, 1.807) is 4.90 Å². The van der Waals surface area contributed by atoms with Crippen LogP contribution in [0.2, 0.25) is 0 Å². The third-order valence-electron chi connectivity index (χ3n) is 4.30. The summed E-state index contributed by atoms with van der Waals surface area (Å²) in [5.74, 6) is 0.127. The topological polar surface area (TPSA) is 58.6 Å². The van der Waals surface area contributed by atoms with Gasteiger partial charge in [0.25, 0.3) is 0 Å². The minimum atomic E-state index is -0.144. The summed E-state index contributed by atoms with van der Waals surface area (Å²) < 4.78 is 5.55. The highest BCUT2D eigenvalue weighted by molar-refractivity contribution is 5.79. The summed E-state index contributed by atoms with van der Waals surface area (Å²) in [5.41, 5.74) is 1.10. The van der Waals surface area contributed by atoms with Crippen LogP contribution in [0, 0.1) is 5.92 Å². The first-order valence-corrected chi connectivity index (χ1v) is 8.35. The second-order valence-corrected chi connectivity index (χ2v) is 5.95. The number of morpholine rings is 1. The Morgan fingerprint density at radius 1 is 1.30 bits per heavy atom. The molecule has 0 radical (unpaired) electrons. The van der Waals surface area contributed by atoms with Gasteiger partial charge in [-0.25, -0.2) is 0 Å². The van der Waals surface area contributed by atoms with Crippen LogP contribution < -0.4 is 5.32 Å². The van der Waals surface area contributed by atoms with Crippen molar-refractivity contribution in [2.45, 2.75) is 39.3 Å². The van der Waals surface area contributed by atoms with Gasteiger partial charge in [-0.05, 0) is 18.4 Å². The van der Waals surface area contributed by atoms with E-state index >= 15 is 0 Å². The SMILES string of the molecule is CCC(CC)C(=O)NCC1CN(Cc2ccccc2)C(=O)CO1. The third-order valence-corrected chi connectivity index (χ3v) is 4.30. The van der Waals surface area contributed by atoms with Crippen molar-refractivity contribution in [3.63, 3.8) is 0 Å². The molecule has 0 aromatic heterocycles. The van der Waals surface area contributed by atoms with Crippen molar-refractivity contribution in [1.82, 2.24) is 10.2 Å². The molecule has 1 aromatic rings. The van der Waals surface area contributed by atoms with E-state index in [1.807, 2.05) is 44.2 Å². The monoisotopic (exact) mass is 318 g/mol. The molecule has 1 N–H and O–H groups in total. The molecule has 1 aromatic carbocycles. The fraction of sp³-hybridized carbons (Fsp3) is 0.556. The summed E-state index contributed by atoms with van der Waals surface area (Å²) in [6, 6.07) is 9.90. The Morgan fingerprint density at radius 2 is 2.00 bits per heavy atom. The molecule has 0 saturated carbocycles. The Kier molecular flexibility index (Phi) is 6.59. The van der Waals surface area contributed by atoms with Crippen LogP contribution in [0.1, 0.15) is 32.3 Å². The Labute approximate surface area is 138 Å². The number of hydrogen-bond acceptors (Lipinski definition) is 3. The molecule has 1 saturated heterocycles. The van der Waals surface area contributed by atoms with Gasteiger partial charge in [-0.1, -0.05) is 44.2 Å². The quantitative estimate of drug-likeness (QED) is 0.836. The molecule has 0 bridgehead atoms. The molecule has 1 unspecified atom stereocenters. The van der Waals surface area contributed by atoms with Gasteiger partial charge in [-0.15, -0.1) is 0 Å². The van der Waals surface area contributed by atoms with E-state index in [-0.39, 0.29) is 30.4 Å². The molecule has 126 valence electrons. The maximum absolute atomic E-state index is 12.0. The minimum Gasteiger partial charge on any atom is -0.365 e. The Balaban J connectivity index is 1.85. The standard InChI is InChI=1S/C18H26N2O3/c1-3-15(4-2)18(22)19-10-16-12-20(17(21)13-23-16)11-14-8-6-5-7-9-14/h5-9,15-16H,3-4,10-13H2,1-2H3,(H,19,22). The maximum atomic E-state index is 12.0. The lowest BCUT2D eigenvalue weighted by molar-refractivity contribution is -0.149. The number of hydrogen-bond donors (Lipinski definition) is 1. The van der Waals surface area contributed by atoms with Crippen molar-refractivity contribution in [3.05, 3.63) is 35.9 Å². The molecule has 1 fully saturated rings. The Hall–Kier alpha value is -1.88. The molecule has 5 nitrogen and oxygen atoms in total. The van der Waals surface area contributed by atoms with E-state index in [0.29, 0.717) is 19.6 Å². The summed E-state index contributed by atoms with van der Waals surface area (Å²) in [6.07, 6.45) is 1.54. The van der Waals surface area contributed by atoms with E-state index in [2.05, 4.69) is 5.32 Å². The Morgan fingerprint density at radius 3 is 2.65 bits per heavy atom. The number of carbonyl (C=O) groups excluding carboxylic acids is 2. The van der Waals surface area contributed by atoms with E-state index in [9.17, 15) is 9.59 Å². The van der Waals surface area contributed by atoms with E-state index in [0.717, 1.165) is 18.4 Å². The number of carbonyl (C=O) groups is 2. The van der Waals surface area contributed by atoms with E-state index in [1.165, 1.54) is 0 Å². The van der Waals surface area contributed by atoms with Crippen LogP contribution in [0.15, 0.2) is 30.3 Å². The summed E-state index contributed by atoms with van der Waals surface area (Å²) in [7, 11) is 0. The van der Waals surface area contributed by atoms with Crippen molar-refractivity contribution in [2.24, 2.45) is 5.92 Å². The predicted octanol–water partition coefficient (Wildman–Crippen LogP) is 1.97. The van der Waals surface area contributed by atoms with Gasteiger partial charge in [0.2, 0.25) is 11.8 Å². The number of rotatable bonds is 7. The van der Waals surface area contributed by atoms with Crippen LogP contribution in [-0.2, 0) is 20.9 Å². The maximum Gasteiger partial charge on any atom is 0.248 e. The van der Waals surface area contributed by atoms with Crippen LogP contribution in [0.5, 0.6) is 0 Å². The summed E-state index contributed by atoms with van der Waals surface area (Å²) in [4.78, 5) is 25.8. The first-order chi connectivity index (χ1) is 11.1. The normalized spacial score (nSPS) is 18.3. The van der Waals surface area contributed by atoms with Gasteiger partial charge in [0.15, 0.2) is 0 Å². The minimum absolute atomic E-state index is 0.00331. The fourth-order valence-corrected chi connectivity index (χ4v) is 2.78. The smallest absolute Gasteiger partial charge is 0.248 e. The van der Waals surface area contributed by atoms with Crippen molar-refractivity contribution < 1.29 is 14.3 Å². The van der Waals surface area contributed by atoms with Crippen LogP contribution >= 0.6 is 0 Å². The van der Waals surface area contributed by atoms with Gasteiger partial charge in [0.1, 0.15) is 6.61 Å². The summed E-state index contributed by atoms with van der Waals surface area (Å²) in [5, 5.41) is 2.95. The molecule has 2 amide bonds. The largest absolute Gasteiger partial charge is 0.365 e. The number of nitrogens with one attached hydrogen (secondary N) is 1. The number of nitrogens with zero attached hydrogens (tertiary/aromatic N) is 1. The van der Waals surface area contributed by atoms with Gasteiger partial charge in [-0.3, -0.25) is 9.59 Å². The average Bonchev–Trinajstić information content (AvgIpc) is 2.57. The highest BCUT2D eigenvalue weighted by Gasteiger charge is 2.27. The summed E-state index contributed by atoms with van der Waals surface area (Å²) in [6.45, 7) is 5.67. The zero-order valence-corrected chi connectivity index (χ0v) is 14.0. The first kappa shape index (κ1) is 17.5. The summed E-state index contributed by atoms with van der Waals surface area (Å²) >= 11 is 0. The number of benzene rings is 1. The lowest BCUT2D eigenvalue weighted by Crippen LogP contribution is -2.50. The molecule has 5 heteroatoms. The average molecular weight is 318 g/mol. The molecule has 1 aliphatic heterocycles. The van der Waals surface area contributed by atoms with Gasteiger partial charge in [0, 0.05) is 25.6 Å². The van der Waals surface area contributed by atoms with Crippen LogP contribution in [0.4, 0.5) is 0 Å². The van der Waals surface area contributed by atoms with Crippen LogP contribution in [0.3, 0.4) is 0 Å². The third kappa shape index (κ3) is 5.06. The molecule has 0 aliphatic carbocycles. The van der Waals surface area contributed by atoms with E-state index in [4.69, 9.17) is 4.74 Å². The fourth-order valence-electron chi connectivity index (χ4n) is 2.78. The molecule has 2 rings (SSSR count). The number of ether oxygens (including phenoxy) is 1. The second-order valence-electron chi connectivity index (χ2n) is 5.95. The van der Waals surface area contributed by atoms with Crippen LogP contribution in [0.25, 0.3) is 0 Å². The van der Waals surface area contributed by atoms with Crippen molar-refractivity contribution >= 4 is 11.8 Å². The van der Waals surface area contributed by atoms with Gasteiger partial charge in [-0.2, -0.15) is 0 Å². The highest BCUT2D eigenvalue weighted by Crippen LogP contribution is 2.12. The highest BCUT2D eigenvalue weighted by atomic mass is 16.5. The molecular formula is C18H26N2O3. The lowest BCUT2D eigenvalue weighted by atomic mass is 10.0. The molecule has 1 aliphatic rings. The first-order valence-electron chi connectivity index (χ1n) is 8.35. The van der Waals surface area contributed by atoms with Gasteiger partial charge in [0.05, 0.1) is 6.10 Å². The van der Waals surface area contributed by atoms with Crippen molar-refractivity contribution in [2.75, 3.05) is 19.7 Å². The Bertz CT molecular complexity index is 514. The molecule has 1 atom stereocenters.